The molecule has 1 heterocycles. The predicted octanol–water partition coefficient (Wildman–Crippen LogP) is 11.6. The first-order valence-electron chi connectivity index (χ1n) is 14.2. The van der Waals surface area contributed by atoms with Crippen LogP contribution in [-0.2, 0) is 0 Å². The molecular formula is C40H22O. The van der Waals surface area contributed by atoms with Crippen molar-refractivity contribution in [3.63, 3.8) is 0 Å². The minimum atomic E-state index is 0.945. The van der Waals surface area contributed by atoms with Crippen LogP contribution in [0.15, 0.2) is 138 Å². The van der Waals surface area contributed by atoms with E-state index in [9.17, 15) is 0 Å². The molecule has 10 aromatic rings. The third-order valence-electron chi connectivity index (χ3n) is 9.17. The van der Waals surface area contributed by atoms with Gasteiger partial charge in [-0.3, -0.25) is 0 Å². The average molecular weight is 519 g/mol. The second kappa shape index (κ2) is 7.62. The second-order valence-corrected chi connectivity index (χ2v) is 11.2. The van der Waals surface area contributed by atoms with E-state index in [1.807, 2.05) is 0 Å². The molecule has 0 bridgehead atoms. The molecule has 0 saturated carbocycles. The Hall–Kier alpha value is -5.40. The van der Waals surface area contributed by atoms with Gasteiger partial charge in [0.1, 0.15) is 11.2 Å². The van der Waals surface area contributed by atoms with Crippen molar-refractivity contribution in [2.75, 3.05) is 0 Å². The van der Waals surface area contributed by atoms with Crippen molar-refractivity contribution >= 4 is 86.6 Å². The van der Waals surface area contributed by atoms with E-state index in [-0.39, 0.29) is 0 Å². The van der Waals surface area contributed by atoms with Crippen molar-refractivity contribution in [3.05, 3.63) is 133 Å². The Morgan fingerprint density at radius 1 is 0.317 bits per heavy atom. The Kier molecular flexibility index (Phi) is 3.98. The fourth-order valence-electron chi connectivity index (χ4n) is 7.42. The average Bonchev–Trinajstić information content (AvgIpc) is 3.44. The predicted molar refractivity (Wildman–Crippen MR) is 175 cm³/mol. The van der Waals surface area contributed by atoms with Crippen molar-refractivity contribution in [2.45, 2.75) is 0 Å². The van der Waals surface area contributed by atoms with Gasteiger partial charge in [0.05, 0.1) is 0 Å². The number of benzene rings is 9. The van der Waals surface area contributed by atoms with E-state index >= 15 is 0 Å². The van der Waals surface area contributed by atoms with E-state index in [4.69, 9.17) is 4.42 Å². The van der Waals surface area contributed by atoms with Crippen molar-refractivity contribution in [2.24, 2.45) is 0 Å². The van der Waals surface area contributed by atoms with E-state index in [1.165, 1.54) is 64.8 Å². The Labute approximate surface area is 235 Å². The molecule has 0 aliphatic rings. The number of hydrogen-bond acceptors (Lipinski definition) is 1. The fraction of sp³-hybridized carbons (Fsp3) is 0. The summed E-state index contributed by atoms with van der Waals surface area (Å²) in [6, 6.07) is 48.7. The van der Waals surface area contributed by atoms with Gasteiger partial charge in [0.15, 0.2) is 0 Å². The Balaban J connectivity index is 1.42. The summed E-state index contributed by atoms with van der Waals surface area (Å²) in [4.78, 5) is 0. The van der Waals surface area contributed by atoms with Crippen LogP contribution in [0.3, 0.4) is 0 Å². The lowest BCUT2D eigenvalue weighted by Crippen LogP contribution is -1.91. The molecule has 10 rings (SSSR count). The fourth-order valence-corrected chi connectivity index (χ4v) is 7.42. The zero-order chi connectivity index (χ0) is 26.7. The summed E-state index contributed by atoms with van der Waals surface area (Å²) in [7, 11) is 0. The van der Waals surface area contributed by atoms with Gasteiger partial charge in [0, 0.05) is 21.7 Å². The SMILES string of the molecule is c1ccc2c(c1)ccc1c3cccc(-c4cc5c6ccccc6c6cccc7c8ccccc8c(c4)c5c67)c3oc21. The van der Waals surface area contributed by atoms with Crippen molar-refractivity contribution in [1.29, 1.82) is 0 Å². The third-order valence-corrected chi connectivity index (χ3v) is 9.17. The highest BCUT2D eigenvalue weighted by molar-refractivity contribution is 6.40. The molecule has 1 aromatic heterocycles. The van der Waals surface area contributed by atoms with Gasteiger partial charge in [-0.15, -0.1) is 0 Å². The van der Waals surface area contributed by atoms with Crippen LogP contribution >= 0.6 is 0 Å². The zero-order valence-electron chi connectivity index (χ0n) is 22.1. The molecule has 0 aliphatic heterocycles. The molecule has 1 heteroatoms. The summed E-state index contributed by atoms with van der Waals surface area (Å²) in [6.45, 7) is 0. The molecule has 9 aromatic carbocycles. The van der Waals surface area contributed by atoms with Gasteiger partial charge >= 0.3 is 0 Å². The minimum absolute atomic E-state index is 0.945. The van der Waals surface area contributed by atoms with Gasteiger partial charge in [-0.1, -0.05) is 115 Å². The Morgan fingerprint density at radius 3 is 1.49 bits per heavy atom. The molecular weight excluding hydrogens is 496 g/mol. The largest absolute Gasteiger partial charge is 0.455 e. The molecule has 0 aliphatic carbocycles. The Bertz CT molecular complexity index is 2590. The smallest absolute Gasteiger partial charge is 0.143 e. The minimum Gasteiger partial charge on any atom is -0.455 e. The summed E-state index contributed by atoms with van der Waals surface area (Å²) < 4.78 is 6.78. The maximum atomic E-state index is 6.78. The van der Waals surface area contributed by atoms with Gasteiger partial charge in [0.2, 0.25) is 0 Å². The highest BCUT2D eigenvalue weighted by atomic mass is 16.3. The Morgan fingerprint density at radius 2 is 0.805 bits per heavy atom. The standard InChI is InChI=1S/C40H22O/c1-2-10-25-23(9-1)19-20-34-33-18-7-15-26(40(33)41-39(25)34)24-21-35-29-13-5-3-11-27(29)31-16-8-17-32-28-12-4-6-14-30(28)36(22-24)38(35)37(31)32/h1-22H. The first-order chi connectivity index (χ1) is 20.3. The molecule has 41 heavy (non-hydrogen) atoms. The van der Waals surface area contributed by atoms with Gasteiger partial charge < -0.3 is 4.42 Å². The molecule has 1 nitrogen and oxygen atoms in total. The van der Waals surface area contributed by atoms with Crippen LogP contribution in [0, 0.1) is 0 Å². The van der Waals surface area contributed by atoms with Crippen molar-refractivity contribution in [3.8, 4) is 11.1 Å². The molecule has 0 radical (unpaired) electrons. The summed E-state index contributed by atoms with van der Waals surface area (Å²) >= 11 is 0. The first-order valence-corrected chi connectivity index (χ1v) is 14.2. The third kappa shape index (κ3) is 2.70. The van der Waals surface area contributed by atoms with E-state index in [0.717, 1.165) is 32.9 Å². The van der Waals surface area contributed by atoms with Crippen LogP contribution in [0.4, 0.5) is 0 Å². The quantitative estimate of drug-likeness (QED) is 0.156. The lowest BCUT2D eigenvalue weighted by atomic mass is 9.84. The van der Waals surface area contributed by atoms with Gasteiger partial charge in [-0.2, -0.15) is 0 Å². The number of rotatable bonds is 1. The van der Waals surface area contributed by atoms with Crippen LogP contribution in [-0.4, -0.2) is 0 Å². The van der Waals surface area contributed by atoms with Gasteiger partial charge in [-0.25, -0.2) is 0 Å². The van der Waals surface area contributed by atoms with Crippen LogP contribution in [0.5, 0.6) is 0 Å². The highest BCUT2D eigenvalue weighted by Gasteiger charge is 2.20. The summed E-state index contributed by atoms with van der Waals surface area (Å²) in [5.74, 6) is 0. The van der Waals surface area contributed by atoms with E-state index < -0.39 is 0 Å². The number of para-hydroxylation sites is 1. The topological polar surface area (TPSA) is 13.1 Å². The van der Waals surface area contributed by atoms with Crippen molar-refractivity contribution < 1.29 is 4.42 Å². The lowest BCUT2D eigenvalue weighted by Gasteiger charge is -2.18. The summed E-state index contributed by atoms with van der Waals surface area (Å²) in [6.07, 6.45) is 0. The molecule has 0 unspecified atom stereocenters. The van der Waals surface area contributed by atoms with Gasteiger partial charge in [0.25, 0.3) is 0 Å². The maximum Gasteiger partial charge on any atom is 0.143 e. The van der Waals surface area contributed by atoms with Crippen molar-refractivity contribution in [1.82, 2.24) is 0 Å². The van der Waals surface area contributed by atoms with Gasteiger partial charge in [-0.05, 0) is 83.0 Å². The lowest BCUT2D eigenvalue weighted by molar-refractivity contribution is 0.674. The number of hydrogen-bond donors (Lipinski definition) is 0. The van der Waals surface area contributed by atoms with E-state index in [2.05, 4.69) is 133 Å². The number of fused-ring (bicyclic) bond motifs is 11. The summed E-state index contributed by atoms with van der Waals surface area (Å²) in [5.41, 5.74) is 4.21. The molecule has 0 atom stereocenters. The normalized spacial score (nSPS) is 12.4. The summed E-state index contributed by atoms with van der Waals surface area (Å²) in [5, 5.41) is 17.8. The zero-order valence-corrected chi connectivity index (χ0v) is 22.1. The molecule has 0 spiro atoms. The second-order valence-electron chi connectivity index (χ2n) is 11.2. The van der Waals surface area contributed by atoms with Crippen LogP contribution < -0.4 is 0 Å². The monoisotopic (exact) mass is 518 g/mol. The van der Waals surface area contributed by atoms with E-state index in [0.29, 0.717) is 0 Å². The van der Waals surface area contributed by atoms with E-state index in [1.54, 1.807) is 0 Å². The molecule has 188 valence electrons. The highest BCUT2D eigenvalue weighted by Crippen LogP contribution is 2.47. The molecule has 0 fully saturated rings. The van der Waals surface area contributed by atoms with Crippen LogP contribution in [0.1, 0.15) is 0 Å². The van der Waals surface area contributed by atoms with Crippen LogP contribution in [0.2, 0.25) is 0 Å². The van der Waals surface area contributed by atoms with Crippen LogP contribution in [0.25, 0.3) is 97.7 Å². The molecule has 0 saturated heterocycles. The molecule has 0 N–H and O–H groups in total. The molecule has 0 amide bonds. The number of furan rings is 1. The first kappa shape index (κ1) is 21.4. The maximum absolute atomic E-state index is 6.78.